The van der Waals surface area contributed by atoms with Crippen LogP contribution in [0.4, 0.5) is 10.6 Å². The zero-order valence-corrected chi connectivity index (χ0v) is 13.0. The Balaban J connectivity index is 1.63. The highest BCUT2D eigenvalue weighted by atomic mass is 16.7. The van der Waals surface area contributed by atoms with Crippen LogP contribution in [0, 0.1) is 0 Å². The number of amides is 1. The van der Waals surface area contributed by atoms with Crippen LogP contribution in [-0.2, 0) is 16.1 Å². The van der Waals surface area contributed by atoms with E-state index in [0.717, 1.165) is 10.8 Å². The molecule has 0 fully saturated rings. The van der Waals surface area contributed by atoms with Crippen molar-refractivity contribution in [1.82, 2.24) is 9.55 Å². The summed E-state index contributed by atoms with van der Waals surface area (Å²) >= 11 is 0. The van der Waals surface area contributed by atoms with Crippen molar-refractivity contribution in [3.8, 4) is 11.5 Å². The summed E-state index contributed by atoms with van der Waals surface area (Å²) in [4.78, 5) is 49.4. The van der Waals surface area contributed by atoms with E-state index in [0.29, 0.717) is 11.5 Å². The van der Waals surface area contributed by atoms with E-state index in [1.54, 1.807) is 0 Å². The lowest BCUT2D eigenvalue weighted by Gasteiger charge is -2.06. The smallest absolute Gasteiger partial charge is 0.420 e. The van der Waals surface area contributed by atoms with Gasteiger partial charge >= 0.3 is 23.7 Å². The van der Waals surface area contributed by atoms with Gasteiger partial charge in [0.2, 0.25) is 6.79 Å². The largest absolute Gasteiger partial charge is 0.480 e. The van der Waals surface area contributed by atoms with Gasteiger partial charge in [0.15, 0.2) is 11.5 Å². The highest BCUT2D eigenvalue weighted by molar-refractivity contribution is 6.00. The Labute approximate surface area is 144 Å². The molecule has 0 spiro atoms. The fourth-order valence-corrected chi connectivity index (χ4v) is 2.06. The number of esters is 1. The summed E-state index contributed by atoms with van der Waals surface area (Å²) in [5.74, 6) is -1.54. The summed E-state index contributed by atoms with van der Waals surface area (Å²) in [5, 5.41) is 10.7. The summed E-state index contributed by atoms with van der Waals surface area (Å²) < 4.78 is 15.7. The predicted molar refractivity (Wildman–Crippen MR) is 83.1 cm³/mol. The Kier molecular flexibility index (Phi) is 4.51. The summed E-state index contributed by atoms with van der Waals surface area (Å²) in [6.45, 7) is -0.535. The number of nitrogens with zero attached hydrogens (tertiary/aromatic N) is 2. The van der Waals surface area contributed by atoms with E-state index in [1.807, 2.05) is 0 Å². The third-order valence-corrected chi connectivity index (χ3v) is 3.20. The maximum atomic E-state index is 12.0. The van der Waals surface area contributed by atoms with Crippen molar-refractivity contribution in [2.75, 3.05) is 12.1 Å². The number of carbonyl (C=O) groups excluding carboxylic acids is 2. The van der Waals surface area contributed by atoms with Crippen molar-refractivity contribution >= 4 is 23.8 Å². The molecule has 2 aromatic rings. The van der Waals surface area contributed by atoms with E-state index in [1.165, 1.54) is 24.3 Å². The third kappa shape index (κ3) is 3.77. The second kappa shape index (κ2) is 6.93. The Morgan fingerprint density at radius 1 is 1.23 bits per heavy atom. The first-order valence-corrected chi connectivity index (χ1v) is 7.14. The van der Waals surface area contributed by atoms with Crippen molar-refractivity contribution in [3.63, 3.8) is 0 Å². The molecule has 1 aliphatic rings. The van der Waals surface area contributed by atoms with Crippen LogP contribution >= 0.6 is 0 Å². The van der Waals surface area contributed by atoms with E-state index in [-0.39, 0.29) is 18.2 Å². The van der Waals surface area contributed by atoms with E-state index >= 15 is 0 Å². The number of ether oxygens (including phenoxy) is 3. The number of nitrogens with one attached hydrogen (secondary N) is 1. The van der Waals surface area contributed by atoms with Gasteiger partial charge in [0.05, 0.1) is 5.56 Å². The Bertz CT molecular complexity index is 952. The monoisotopic (exact) mass is 361 g/mol. The highest BCUT2D eigenvalue weighted by Gasteiger charge is 2.19. The fraction of sp³-hybridized carbons (Fsp3) is 0.133. The van der Waals surface area contributed by atoms with Gasteiger partial charge in [0, 0.05) is 6.20 Å². The lowest BCUT2D eigenvalue weighted by Crippen LogP contribution is -2.28. The number of aliphatic carboxylic acids is 1. The molecular formula is C15H11N3O8. The van der Waals surface area contributed by atoms with E-state index in [9.17, 15) is 19.2 Å². The first-order chi connectivity index (χ1) is 12.4. The normalized spacial score (nSPS) is 11.7. The van der Waals surface area contributed by atoms with Crippen LogP contribution < -0.4 is 20.5 Å². The minimum Gasteiger partial charge on any atom is -0.480 e. The van der Waals surface area contributed by atoms with Crippen molar-refractivity contribution in [3.05, 3.63) is 46.5 Å². The quantitative estimate of drug-likeness (QED) is 0.585. The van der Waals surface area contributed by atoms with Crippen LogP contribution in [0.5, 0.6) is 11.5 Å². The molecule has 0 saturated carbocycles. The van der Waals surface area contributed by atoms with Gasteiger partial charge in [-0.25, -0.2) is 14.4 Å². The lowest BCUT2D eigenvalue weighted by atomic mass is 10.2. The van der Waals surface area contributed by atoms with Crippen LogP contribution in [-0.4, -0.2) is 39.5 Å². The lowest BCUT2D eigenvalue weighted by molar-refractivity contribution is -0.137. The number of hydrogen-bond donors (Lipinski definition) is 2. The second-order valence-corrected chi connectivity index (χ2v) is 4.99. The number of rotatable bonds is 4. The number of hydrogen-bond acceptors (Lipinski definition) is 8. The van der Waals surface area contributed by atoms with Crippen molar-refractivity contribution in [2.45, 2.75) is 6.54 Å². The minimum absolute atomic E-state index is 0.0351. The average Bonchev–Trinajstić information content (AvgIpc) is 3.04. The van der Waals surface area contributed by atoms with Gasteiger partial charge in [-0.3, -0.25) is 14.7 Å². The Hall–Kier alpha value is -3.89. The van der Waals surface area contributed by atoms with Gasteiger partial charge in [-0.05, 0) is 24.3 Å². The summed E-state index contributed by atoms with van der Waals surface area (Å²) in [5.41, 5.74) is -0.818. The maximum Gasteiger partial charge on any atom is 0.420 e. The first-order valence-electron chi connectivity index (χ1n) is 7.14. The molecule has 0 saturated heterocycles. The van der Waals surface area contributed by atoms with Crippen LogP contribution in [0.25, 0.3) is 0 Å². The second-order valence-electron chi connectivity index (χ2n) is 4.99. The zero-order valence-electron chi connectivity index (χ0n) is 13.0. The molecule has 2 N–H and O–H groups in total. The van der Waals surface area contributed by atoms with Crippen molar-refractivity contribution in [2.24, 2.45) is 0 Å². The molecule has 1 aromatic carbocycles. The fourth-order valence-electron chi connectivity index (χ4n) is 2.06. The molecule has 134 valence electrons. The molecule has 1 amide bonds. The van der Waals surface area contributed by atoms with Gasteiger partial charge in [0.1, 0.15) is 12.4 Å². The van der Waals surface area contributed by atoms with Gasteiger partial charge in [-0.2, -0.15) is 4.98 Å². The highest BCUT2D eigenvalue weighted by Crippen LogP contribution is 2.32. The molecule has 11 heteroatoms. The van der Waals surface area contributed by atoms with Crippen LogP contribution in [0.1, 0.15) is 10.4 Å². The van der Waals surface area contributed by atoms with Crippen molar-refractivity contribution < 1.29 is 33.7 Å². The summed E-state index contributed by atoms with van der Waals surface area (Å²) in [6.07, 6.45) is -0.0193. The van der Waals surface area contributed by atoms with Crippen LogP contribution in [0.3, 0.4) is 0 Å². The molecule has 11 nitrogen and oxygen atoms in total. The number of aromatic nitrogens is 2. The number of carboxylic acids is 1. The third-order valence-electron chi connectivity index (χ3n) is 3.20. The van der Waals surface area contributed by atoms with Crippen LogP contribution in [0.15, 0.2) is 35.3 Å². The van der Waals surface area contributed by atoms with Crippen LogP contribution in [0.2, 0.25) is 0 Å². The molecule has 2 heterocycles. The van der Waals surface area contributed by atoms with Gasteiger partial charge < -0.3 is 19.3 Å². The van der Waals surface area contributed by atoms with Gasteiger partial charge in [-0.15, -0.1) is 0 Å². The first kappa shape index (κ1) is 17.0. The molecule has 0 atom stereocenters. The summed E-state index contributed by atoms with van der Waals surface area (Å²) in [6, 6.07) is 5.45. The SMILES string of the molecule is O=C(O)Cn1ccc(NC(=O)OC(=O)c2ccc3c(c2)OCO3)nc1=O. The van der Waals surface area contributed by atoms with Gasteiger partial charge in [-0.1, -0.05) is 0 Å². The molecular weight excluding hydrogens is 350 g/mol. The zero-order chi connectivity index (χ0) is 18.7. The number of carbonyl (C=O) groups is 3. The molecule has 1 aliphatic heterocycles. The number of anilines is 1. The number of benzene rings is 1. The minimum atomic E-state index is -1.22. The Morgan fingerprint density at radius 2 is 2.00 bits per heavy atom. The Morgan fingerprint density at radius 3 is 2.73 bits per heavy atom. The standard InChI is InChI=1S/C15H11N3O8/c19-12(20)6-18-4-3-11(16-14(18)22)17-15(23)26-13(21)8-1-2-9-10(5-8)25-7-24-9/h1-5H,6-7H2,(H,19,20)(H,16,17,22,23). The molecule has 26 heavy (non-hydrogen) atoms. The topological polar surface area (TPSA) is 146 Å². The molecule has 0 radical (unpaired) electrons. The van der Waals surface area contributed by atoms with E-state index in [4.69, 9.17) is 14.6 Å². The number of fused-ring (bicyclic) bond motifs is 1. The summed E-state index contributed by atoms with van der Waals surface area (Å²) in [7, 11) is 0. The average molecular weight is 361 g/mol. The van der Waals surface area contributed by atoms with E-state index < -0.39 is 30.3 Å². The molecule has 0 unspecified atom stereocenters. The van der Waals surface area contributed by atoms with Gasteiger partial charge in [0.25, 0.3) is 0 Å². The maximum absolute atomic E-state index is 12.0. The predicted octanol–water partition coefficient (Wildman–Crippen LogP) is 0.446. The van der Waals surface area contributed by atoms with E-state index in [2.05, 4.69) is 15.0 Å². The molecule has 0 bridgehead atoms. The molecule has 3 rings (SSSR count). The molecule has 0 aliphatic carbocycles. The molecule has 1 aromatic heterocycles. The number of carboxylic acid groups (broad SMARTS) is 1. The van der Waals surface area contributed by atoms with Crippen molar-refractivity contribution in [1.29, 1.82) is 0 Å².